The van der Waals surface area contributed by atoms with Crippen molar-refractivity contribution in [2.45, 2.75) is 19.9 Å². The van der Waals surface area contributed by atoms with Gasteiger partial charge in [-0.3, -0.25) is 4.90 Å². The van der Waals surface area contributed by atoms with Crippen LogP contribution in [0.3, 0.4) is 0 Å². The molecule has 0 heterocycles. The minimum Gasteiger partial charge on any atom is -0.337 e. The van der Waals surface area contributed by atoms with Gasteiger partial charge in [-0.05, 0) is 36.6 Å². The Kier molecular flexibility index (Phi) is 6.05. The fourth-order valence-corrected chi connectivity index (χ4v) is 2.93. The summed E-state index contributed by atoms with van der Waals surface area (Å²) < 4.78 is 0. The Bertz CT molecular complexity index is 831. The number of aryl methyl sites for hydroxylation is 1. The van der Waals surface area contributed by atoms with Crippen LogP contribution < -0.4 is 10.2 Å². The van der Waals surface area contributed by atoms with E-state index in [1.807, 2.05) is 60.7 Å². The molecule has 132 valence electrons. The highest BCUT2D eigenvalue weighted by Gasteiger charge is 2.15. The lowest BCUT2D eigenvalue weighted by molar-refractivity contribution is 0.246. The smallest absolute Gasteiger partial charge is 0.322 e. The highest BCUT2D eigenvalue weighted by Crippen LogP contribution is 2.17. The molecule has 0 radical (unpaired) electrons. The summed E-state index contributed by atoms with van der Waals surface area (Å²) in [5.74, 6) is 0. The van der Waals surface area contributed by atoms with E-state index in [-0.39, 0.29) is 6.03 Å². The van der Waals surface area contributed by atoms with Crippen LogP contribution >= 0.6 is 0 Å². The average Bonchev–Trinajstić information content (AvgIpc) is 2.67. The van der Waals surface area contributed by atoms with Gasteiger partial charge in [-0.1, -0.05) is 78.4 Å². The number of benzene rings is 3. The second-order valence-electron chi connectivity index (χ2n) is 6.38. The van der Waals surface area contributed by atoms with Crippen molar-refractivity contribution in [2.24, 2.45) is 0 Å². The first-order chi connectivity index (χ1) is 12.7. The van der Waals surface area contributed by atoms with Crippen molar-refractivity contribution >= 4 is 11.7 Å². The van der Waals surface area contributed by atoms with E-state index in [4.69, 9.17) is 0 Å². The molecular formula is C23H24N2O. The van der Waals surface area contributed by atoms with Gasteiger partial charge in [-0.2, -0.15) is 0 Å². The van der Waals surface area contributed by atoms with Crippen LogP contribution in [0.15, 0.2) is 84.9 Å². The van der Waals surface area contributed by atoms with E-state index in [0.717, 1.165) is 17.7 Å². The number of urea groups is 1. The number of rotatable bonds is 6. The average molecular weight is 344 g/mol. The van der Waals surface area contributed by atoms with Crippen LogP contribution in [0, 0.1) is 6.92 Å². The van der Waals surface area contributed by atoms with E-state index in [9.17, 15) is 4.79 Å². The van der Waals surface area contributed by atoms with E-state index in [0.29, 0.717) is 13.1 Å². The van der Waals surface area contributed by atoms with Crippen LogP contribution in [0.1, 0.15) is 16.7 Å². The molecule has 1 N–H and O–H groups in total. The Balaban J connectivity index is 1.66. The Morgan fingerprint density at radius 2 is 1.50 bits per heavy atom. The first-order valence-corrected chi connectivity index (χ1v) is 8.92. The van der Waals surface area contributed by atoms with Gasteiger partial charge in [0.25, 0.3) is 0 Å². The van der Waals surface area contributed by atoms with Crippen molar-refractivity contribution in [3.8, 4) is 0 Å². The second-order valence-corrected chi connectivity index (χ2v) is 6.38. The van der Waals surface area contributed by atoms with Gasteiger partial charge in [0, 0.05) is 12.2 Å². The molecule has 3 heteroatoms. The van der Waals surface area contributed by atoms with Crippen molar-refractivity contribution in [1.82, 2.24) is 5.32 Å². The van der Waals surface area contributed by atoms with Crippen molar-refractivity contribution in [3.63, 3.8) is 0 Å². The van der Waals surface area contributed by atoms with E-state index < -0.39 is 0 Å². The molecule has 3 aromatic carbocycles. The molecule has 0 aliphatic heterocycles. The fraction of sp³-hybridized carbons (Fsp3) is 0.174. The molecule has 2 amide bonds. The summed E-state index contributed by atoms with van der Waals surface area (Å²) in [6.45, 7) is 3.24. The Morgan fingerprint density at radius 3 is 2.19 bits per heavy atom. The molecule has 26 heavy (non-hydrogen) atoms. The molecule has 0 aliphatic carbocycles. The van der Waals surface area contributed by atoms with E-state index in [1.165, 1.54) is 11.1 Å². The van der Waals surface area contributed by atoms with Crippen LogP contribution in [0.5, 0.6) is 0 Å². The molecule has 0 bridgehead atoms. The zero-order valence-corrected chi connectivity index (χ0v) is 15.1. The lowest BCUT2D eigenvalue weighted by Crippen LogP contribution is -2.40. The molecule has 0 saturated carbocycles. The minimum absolute atomic E-state index is 0.0762. The van der Waals surface area contributed by atoms with Gasteiger partial charge < -0.3 is 5.32 Å². The highest BCUT2D eigenvalue weighted by atomic mass is 16.2. The number of para-hydroxylation sites is 1. The van der Waals surface area contributed by atoms with Gasteiger partial charge in [0.1, 0.15) is 0 Å². The third-order valence-corrected chi connectivity index (χ3v) is 4.27. The van der Waals surface area contributed by atoms with Crippen LogP contribution in [-0.4, -0.2) is 12.6 Å². The number of hydrogen-bond donors (Lipinski definition) is 1. The first kappa shape index (κ1) is 17.7. The van der Waals surface area contributed by atoms with Gasteiger partial charge in [0.2, 0.25) is 0 Å². The van der Waals surface area contributed by atoms with Crippen molar-refractivity contribution in [2.75, 3.05) is 11.4 Å². The Labute approximate surface area is 155 Å². The van der Waals surface area contributed by atoms with Gasteiger partial charge >= 0.3 is 6.03 Å². The zero-order valence-electron chi connectivity index (χ0n) is 15.1. The summed E-state index contributed by atoms with van der Waals surface area (Å²) in [5, 5.41) is 3.06. The van der Waals surface area contributed by atoms with Crippen LogP contribution in [0.2, 0.25) is 0 Å². The highest BCUT2D eigenvalue weighted by molar-refractivity contribution is 5.91. The maximum absolute atomic E-state index is 12.8. The monoisotopic (exact) mass is 344 g/mol. The minimum atomic E-state index is -0.0762. The number of nitrogens with one attached hydrogen (secondary N) is 1. The quantitative estimate of drug-likeness (QED) is 0.674. The summed E-state index contributed by atoms with van der Waals surface area (Å²) in [7, 11) is 0. The van der Waals surface area contributed by atoms with E-state index in [2.05, 4.69) is 36.5 Å². The number of carbonyl (C=O) groups excluding carboxylic acids is 1. The molecule has 0 aromatic heterocycles. The third kappa shape index (κ3) is 4.96. The summed E-state index contributed by atoms with van der Waals surface area (Å²) >= 11 is 0. The molecule has 0 unspecified atom stereocenters. The molecule has 0 aliphatic rings. The standard InChI is InChI=1S/C23H24N2O/c1-19-9-8-12-20(17-19)15-16-24-23(26)25(22-13-6-3-7-14-22)18-21-10-4-2-5-11-21/h2-14,17H,15-16,18H2,1H3,(H,24,26). The molecule has 0 fully saturated rings. The molecule has 0 atom stereocenters. The van der Waals surface area contributed by atoms with Crippen molar-refractivity contribution in [3.05, 3.63) is 102 Å². The Morgan fingerprint density at radius 1 is 0.846 bits per heavy atom. The Hall–Kier alpha value is -3.07. The number of amides is 2. The summed E-state index contributed by atoms with van der Waals surface area (Å²) in [6.07, 6.45) is 0.821. The van der Waals surface area contributed by atoms with Gasteiger partial charge in [-0.15, -0.1) is 0 Å². The molecule has 0 saturated heterocycles. The molecule has 3 rings (SSSR count). The second kappa shape index (κ2) is 8.86. The predicted octanol–water partition coefficient (Wildman–Crippen LogP) is 4.95. The molecule has 3 aromatic rings. The SMILES string of the molecule is Cc1cccc(CCNC(=O)N(Cc2ccccc2)c2ccccc2)c1. The van der Waals surface area contributed by atoms with E-state index in [1.54, 1.807) is 4.90 Å². The lowest BCUT2D eigenvalue weighted by atomic mass is 10.1. The summed E-state index contributed by atoms with van der Waals surface area (Å²) in [6, 6.07) is 28.1. The van der Waals surface area contributed by atoms with E-state index >= 15 is 0 Å². The van der Waals surface area contributed by atoms with Gasteiger partial charge in [0.05, 0.1) is 6.54 Å². The lowest BCUT2D eigenvalue weighted by Gasteiger charge is -2.23. The van der Waals surface area contributed by atoms with Crippen molar-refractivity contribution < 1.29 is 4.79 Å². The third-order valence-electron chi connectivity index (χ3n) is 4.27. The predicted molar refractivity (Wildman–Crippen MR) is 107 cm³/mol. The number of anilines is 1. The largest absolute Gasteiger partial charge is 0.337 e. The number of hydrogen-bond acceptors (Lipinski definition) is 1. The summed E-state index contributed by atoms with van der Waals surface area (Å²) in [5.41, 5.74) is 4.47. The summed E-state index contributed by atoms with van der Waals surface area (Å²) in [4.78, 5) is 14.6. The van der Waals surface area contributed by atoms with Gasteiger partial charge in [0.15, 0.2) is 0 Å². The topological polar surface area (TPSA) is 32.3 Å². The number of carbonyl (C=O) groups is 1. The first-order valence-electron chi connectivity index (χ1n) is 8.92. The zero-order chi connectivity index (χ0) is 18.2. The van der Waals surface area contributed by atoms with Crippen LogP contribution in [-0.2, 0) is 13.0 Å². The fourth-order valence-electron chi connectivity index (χ4n) is 2.93. The number of nitrogens with zero attached hydrogens (tertiary/aromatic N) is 1. The maximum Gasteiger partial charge on any atom is 0.322 e. The van der Waals surface area contributed by atoms with Crippen LogP contribution in [0.4, 0.5) is 10.5 Å². The molecular weight excluding hydrogens is 320 g/mol. The normalized spacial score (nSPS) is 10.3. The maximum atomic E-state index is 12.8. The van der Waals surface area contributed by atoms with Crippen LogP contribution in [0.25, 0.3) is 0 Å². The molecule has 3 nitrogen and oxygen atoms in total. The van der Waals surface area contributed by atoms with Crippen molar-refractivity contribution in [1.29, 1.82) is 0 Å². The van der Waals surface area contributed by atoms with Gasteiger partial charge in [-0.25, -0.2) is 4.79 Å². The molecule has 0 spiro atoms.